The van der Waals surface area contributed by atoms with Crippen molar-refractivity contribution >= 4 is 17.6 Å². The highest BCUT2D eigenvalue weighted by Crippen LogP contribution is 2.45. The molecule has 4 aromatic rings. The summed E-state index contributed by atoms with van der Waals surface area (Å²) in [6.45, 7) is -0.0938. The SMILES string of the molecule is COc1ccccc1OCC(=O)Oc1ccc2c(c1)OC(N)=C(C#N)C2c1ccc(OCc2ccccc2Cl)c(OC)c1. The summed E-state index contributed by atoms with van der Waals surface area (Å²) in [5, 5.41) is 10.6. The van der Waals surface area contributed by atoms with Gasteiger partial charge in [-0.25, -0.2) is 4.79 Å². The van der Waals surface area contributed by atoms with Crippen LogP contribution in [0.4, 0.5) is 0 Å². The lowest BCUT2D eigenvalue weighted by molar-refractivity contribution is -0.136. The summed E-state index contributed by atoms with van der Waals surface area (Å²) in [4.78, 5) is 12.5. The van der Waals surface area contributed by atoms with Crippen LogP contribution in [0.5, 0.6) is 34.5 Å². The molecule has 5 rings (SSSR count). The van der Waals surface area contributed by atoms with E-state index in [1.165, 1.54) is 14.2 Å². The Kier molecular flexibility index (Phi) is 8.89. The molecular formula is C33H27ClN2O7. The molecule has 1 unspecified atom stereocenters. The molecule has 0 radical (unpaired) electrons. The topological polar surface area (TPSA) is 122 Å². The van der Waals surface area contributed by atoms with Crippen LogP contribution in [0.1, 0.15) is 22.6 Å². The first-order valence-electron chi connectivity index (χ1n) is 13.1. The number of hydrogen-bond donors (Lipinski definition) is 1. The molecule has 218 valence electrons. The van der Waals surface area contributed by atoms with E-state index in [0.29, 0.717) is 39.3 Å². The standard InChI is InChI=1S/C33H27ClN2O7/c1-38-26-9-5-6-10-27(26)41-19-31(37)42-22-12-13-23-29(16-22)43-33(36)24(17-35)32(23)20-11-14-28(30(15-20)39-2)40-18-21-7-3-4-8-25(21)34/h3-16,32H,18-19,36H2,1-2H3. The molecule has 0 saturated heterocycles. The second kappa shape index (κ2) is 13.1. The Balaban J connectivity index is 1.36. The van der Waals surface area contributed by atoms with Crippen LogP contribution in [0, 0.1) is 11.3 Å². The highest BCUT2D eigenvalue weighted by molar-refractivity contribution is 6.31. The summed E-state index contributed by atoms with van der Waals surface area (Å²) in [6.07, 6.45) is 0. The van der Waals surface area contributed by atoms with Gasteiger partial charge in [0.2, 0.25) is 5.88 Å². The van der Waals surface area contributed by atoms with Crippen molar-refractivity contribution in [2.75, 3.05) is 20.8 Å². The maximum Gasteiger partial charge on any atom is 0.349 e. The van der Waals surface area contributed by atoms with E-state index >= 15 is 0 Å². The largest absolute Gasteiger partial charge is 0.493 e. The van der Waals surface area contributed by atoms with Crippen molar-refractivity contribution in [1.82, 2.24) is 0 Å². The first kappa shape index (κ1) is 29.2. The van der Waals surface area contributed by atoms with Crippen molar-refractivity contribution in [3.05, 3.63) is 118 Å². The van der Waals surface area contributed by atoms with Gasteiger partial charge in [-0.3, -0.25) is 0 Å². The zero-order chi connectivity index (χ0) is 30.3. The number of nitrogens with zero attached hydrogens (tertiary/aromatic N) is 1. The van der Waals surface area contributed by atoms with Gasteiger partial charge in [-0.15, -0.1) is 0 Å². The van der Waals surface area contributed by atoms with Crippen molar-refractivity contribution in [1.29, 1.82) is 5.26 Å². The van der Waals surface area contributed by atoms with E-state index in [1.807, 2.05) is 24.3 Å². The van der Waals surface area contributed by atoms with Crippen molar-refractivity contribution in [3.63, 3.8) is 0 Å². The van der Waals surface area contributed by atoms with Gasteiger partial charge < -0.3 is 34.2 Å². The first-order valence-corrected chi connectivity index (χ1v) is 13.5. The minimum Gasteiger partial charge on any atom is -0.493 e. The Morgan fingerprint density at radius 1 is 0.907 bits per heavy atom. The minimum atomic E-state index is -0.628. The minimum absolute atomic E-state index is 0.0546. The molecule has 1 aliphatic heterocycles. The number of carbonyl (C=O) groups is 1. The normalized spacial score (nSPS) is 13.7. The zero-order valence-corrected chi connectivity index (χ0v) is 24.1. The van der Waals surface area contributed by atoms with E-state index in [0.717, 1.165) is 11.1 Å². The molecule has 10 heteroatoms. The molecule has 1 heterocycles. The van der Waals surface area contributed by atoms with Gasteiger partial charge in [0.15, 0.2) is 29.6 Å². The van der Waals surface area contributed by atoms with Gasteiger partial charge in [-0.2, -0.15) is 5.26 Å². The number of benzene rings is 4. The summed E-state index contributed by atoms with van der Waals surface area (Å²) in [5.41, 5.74) is 8.62. The van der Waals surface area contributed by atoms with Crippen LogP contribution >= 0.6 is 11.6 Å². The fourth-order valence-electron chi connectivity index (χ4n) is 4.63. The van der Waals surface area contributed by atoms with E-state index < -0.39 is 11.9 Å². The molecule has 1 aliphatic rings. The number of carbonyl (C=O) groups excluding carboxylic acids is 1. The van der Waals surface area contributed by atoms with Crippen molar-refractivity contribution in [2.45, 2.75) is 12.5 Å². The molecular weight excluding hydrogens is 572 g/mol. The number of fused-ring (bicyclic) bond motifs is 1. The molecule has 9 nitrogen and oxygen atoms in total. The predicted molar refractivity (Wildman–Crippen MR) is 159 cm³/mol. The smallest absolute Gasteiger partial charge is 0.349 e. The molecule has 0 aliphatic carbocycles. The molecule has 0 saturated carbocycles. The average Bonchev–Trinajstić information content (AvgIpc) is 3.02. The van der Waals surface area contributed by atoms with Crippen LogP contribution in [0.25, 0.3) is 0 Å². The molecule has 0 fully saturated rings. The third-order valence-corrected chi connectivity index (χ3v) is 7.07. The van der Waals surface area contributed by atoms with Gasteiger partial charge in [0.05, 0.1) is 20.1 Å². The number of nitriles is 1. The molecule has 0 amide bonds. The molecule has 0 bridgehead atoms. The summed E-state index contributed by atoms with van der Waals surface area (Å²) in [6, 6.07) is 26.8. The van der Waals surface area contributed by atoms with Crippen LogP contribution in [-0.4, -0.2) is 26.8 Å². The molecule has 0 aromatic heterocycles. The van der Waals surface area contributed by atoms with Gasteiger partial charge >= 0.3 is 5.97 Å². The molecule has 4 aromatic carbocycles. The highest BCUT2D eigenvalue weighted by atomic mass is 35.5. The van der Waals surface area contributed by atoms with E-state index in [4.69, 9.17) is 45.8 Å². The van der Waals surface area contributed by atoms with Gasteiger partial charge in [-0.05, 0) is 42.0 Å². The Labute approximate surface area is 253 Å². The predicted octanol–water partition coefficient (Wildman–Crippen LogP) is 6.14. The van der Waals surface area contributed by atoms with Gasteiger partial charge in [-0.1, -0.05) is 54.1 Å². The molecule has 43 heavy (non-hydrogen) atoms. The number of halogens is 1. The Morgan fingerprint density at radius 3 is 2.37 bits per heavy atom. The van der Waals surface area contributed by atoms with Crippen LogP contribution in [0.3, 0.4) is 0 Å². The van der Waals surface area contributed by atoms with Crippen molar-refractivity contribution < 1.29 is 33.2 Å². The third kappa shape index (κ3) is 6.45. The van der Waals surface area contributed by atoms with Crippen LogP contribution in [-0.2, 0) is 11.4 Å². The summed E-state index contributed by atoms with van der Waals surface area (Å²) < 4.78 is 33.6. The summed E-state index contributed by atoms with van der Waals surface area (Å²) in [5.74, 6) is 1.19. The first-order chi connectivity index (χ1) is 20.9. The number of esters is 1. The van der Waals surface area contributed by atoms with Crippen molar-refractivity contribution in [2.24, 2.45) is 5.73 Å². The highest BCUT2D eigenvalue weighted by Gasteiger charge is 2.32. The average molecular weight is 599 g/mol. The maximum absolute atomic E-state index is 12.5. The van der Waals surface area contributed by atoms with Gasteiger partial charge in [0.1, 0.15) is 29.7 Å². The van der Waals surface area contributed by atoms with Crippen LogP contribution in [0.15, 0.2) is 96.4 Å². The molecule has 2 N–H and O–H groups in total. The second-order valence-corrected chi connectivity index (χ2v) is 9.74. The van der Waals surface area contributed by atoms with Gasteiger partial charge in [0, 0.05) is 22.2 Å². The number of allylic oxidation sites excluding steroid dienone is 1. The molecule has 0 spiro atoms. The van der Waals surface area contributed by atoms with Gasteiger partial charge in [0.25, 0.3) is 0 Å². The maximum atomic E-state index is 12.5. The lowest BCUT2D eigenvalue weighted by atomic mass is 9.83. The van der Waals surface area contributed by atoms with E-state index in [-0.39, 0.29) is 30.4 Å². The number of para-hydroxylation sites is 2. The number of hydrogen-bond acceptors (Lipinski definition) is 9. The molecule has 1 atom stereocenters. The quantitative estimate of drug-likeness (QED) is 0.169. The van der Waals surface area contributed by atoms with Crippen LogP contribution < -0.4 is 34.2 Å². The number of ether oxygens (including phenoxy) is 6. The van der Waals surface area contributed by atoms with Crippen LogP contribution in [0.2, 0.25) is 5.02 Å². The summed E-state index contributed by atoms with van der Waals surface area (Å²) >= 11 is 6.27. The van der Waals surface area contributed by atoms with E-state index in [1.54, 1.807) is 60.7 Å². The number of methoxy groups -OCH3 is 2. The Bertz CT molecular complexity index is 1730. The summed E-state index contributed by atoms with van der Waals surface area (Å²) in [7, 11) is 3.05. The fraction of sp³-hybridized carbons (Fsp3) is 0.152. The second-order valence-electron chi connectivity index (χ2n) is 9.33. The monoisotopic (exact) mass is 598 g/mol. The number of rotatable bonds is 10. The zero-order valence-electron chi connectivity index (χ0n) is 23.3. The Hall–Kier alpha value is -5.33. The van der Waals surface area contributed by atoms with E-state index in [9.17, 15) is 10.1 Å². The fourth-order valence-corrected chi connectivity index (χ4v) is 4.82. The Morgan fingerprint density at radius 2 is 1.63 bits per heavy atom. The van der Waals surface area contributed by atoms with Crippen molar-refractivity contribution in [3.8, 4) is 40.6 Å². The lowest BCUT2D eigenvalue weighted by Crippen LogP contribution is -2.22. The van der Waals surface area contributed by atoms with E-state index in [2.05, 4.69) is 6.07 Å². The number of nitrogens with two attached hydrogens (primary N) is 1. The third-order valence-electron chi connectivity index (χ3n) is 6.70. The lowest BCUT2D eigenvalue weighted by Gasteiger charge is -2.27.